The molecule has 0 aromatic carbocycles. The summed E-state index contributed by atoms with van der Waals surface area (Å²) >= 11 is 0. The highest BCUT2D eigenvalue weighted by molar-refractivity contribution is 5.92. The Morgan fingerprint density at radius 3 is 2.58 bits per heavy atom. The number of rotatable bonds is 5. The lowest BCUT2D eigenvalue weighted by atomic mass is 10.1. The Morgan fingerprint density at radius 1 is 1.33 bits per heavy atom. The minimum atomic E-state index is -0.117. The molecule has 5 heteroatoms. The van der Waals surface area contributed by atoms with Crippen molar-refractivity contribution in [3.8, 4) is 0 Å². The first kappa shape index (κ1) is 17.5. The first-order chi connectivity index (χ1) is 11.3. The maximum atomic E-state index is 12.5. The van der Waals surface area contributed by atoms with Gasteiger partial charge in [-0.3, -0.25) is 9.48 Å². The third-order valence-corrected chi connectivity index (χ3v) is 5.13. The van der Waals surface area contributed by atoms with Crippen molar-refractivity contribution in [2.45, 2.75) is 71.4 Å². The molecule has 2 aliphatic rings. The zero-order valence-electron chi connectivity index (χ0n) is 15.8. The molecule has 1 aliphatic heterocycles. The van der Waals surface area contributed by atoms with Crippen LogP contribution in [-0.4, -0.2) is 46.3 Å². The molecular formula is C19H32N4O. The first-order valence-electron chi connectivity index (χ1n) is 9.38. The van der Waals surface area contributed by atoms with E-state index in [1.54, 1.807) is 0 Å². The van der Waals surface area contributed by atoms with E-state index in [-0.39, 0.29) is 11.4 Å². The monoisotopic (exact) mass is 332 g/mol. The number of hydrogen-bond acceptors (Lipinski definition) is 3. The van der Waals surface area contributed by atoms with Crippen LogP contribution in [0.15, 0.2) is 6.07 Å². The molecule has 1 atom stereocenters. The van der Waals surface area contributed by atoms with Gasteiger partial charge in [0.2, 0.25) is 0 Å². The number of aromatic nitrogens is 2. The minimum Gasteiger partial charge on any atom is -0.350 e. The predicted octanol–water partition coefficient (Wildman–Crippen LogP) is 2.98. The fourth-order valence-corrected chi connectivity index (χ4v) is 3.58. The fourth-order valence-electron chi connectivity index (χ4n) is 3.58. The van der Waals surface area contributed by atoms with Gasteiger partial charge in [-0.25, -0.2) is 0 Å². The fraction of sp³-hybridized carbons (Fsp3) is 0.789. The summed E-state index contributed by atoms with van der Waals surface area (Å²) in [6, 6.07) is 2.79. The highest BCUT2D eigenvalue weighted by Gasteiger charge is 2.34. The molecule has 134 valence electrons. The minimum absolute atomic E-state index is 0.0372. The lowest BCUT2D eigenvalue weighted by Gasteiger charge is -2.23. The molecule has 5 nitrogen and oxygen atoms in total. The number of carbonyl (C=O) groups is 1. The van der Waals surface area contributed by atoms with Crippen LogP contribution < -0.4 is 5.32 Å². The number of carbonyl (C=O) groups excluding carboxylic acids is 1. The third kappa shape index (κ3) is 3.82. The van der Waals surface area contributed by atoms with E-state index < -0.39 is 0 Å². The van der Waals surface area contributed by atoms with E-state index in [0.29, 0.717) is 17.5 Å². The highest BCUT2D eigenvalue weighted by atomic mass is 16.1. The summed E-state index contributed by atoms with van der Waals surface area (Å²) in [5.41, 5.74) is 1.55. The average molecular weight is 332 g/mol. The van der Waals surface area contributed by atoms with E-state index in [4.69, 9.17) is 0 Å². The summed E-state index contributed by atoms with van der Waals surface area (Å²) in [4.78, 5) is 15.1. The van der Waals surface area contributed by atoms with Crippen molar-refractivity contribution in [2.24, 2.45) is 5.92 Å². The van der Waals surface area contributed by atoms with Crippen molar-refractivity contribution in [1.29, 1.82) is 0 Å². The molecule has 2 heterocycles. The molecule has 1 saturated heterocycles. The Kier molecular flexibility index (Phi) is 4.73. The molecule has 0 radical (unpaired) electrons. The molecule has 1 N–H and O–H groups in total. The molecule has 3 rings (SSSR count). The van der Waals surface area contributed by atoms with Gasteiger partial charge in [-0.2, -0.15) is 5.10 Å². The molecule has 1 unspecified atom stereocenters. The predicted molar refractivity (Wildman–Crippen MR) is 96.3 cm³/mol. The number of hydrogen-bond donors (Lipinski definition) is 1. The molecule has 1 aliphatic carbocycles. The van der Waals surface area contributed by atoms with Crippen LogP contribution in [0, 0.1) is 5.92 Å². The van der Waals surface area contributed by atoms with Crippen LogP contribution in [0.2, 0.25) is 0 Å². The maximum Gasteiger partial charge on any atom is 0.271 e. The van der Waals surface area contributed by atoms with Gasteiger partial charge in [-0.1, -0.05) is 13.8 Å². The third-order valence-electron chi connectivity index (χ3n) is 5.13. The Labute approximate surface area is 145 Å². The molecule has 2 fully saturated rings. The summed E-state index contributed by atoms with van der Waals surface area (Å²) in [6.07, 6.45) is 3.92. The molecule has 0 spiro atoms. The van der Waals surface area contributed by atoms with Crippen molar-refractivity contribution in [3.05, 3.63) is 17.5 Å². The number of likely N-dealkylation sites (tertiary alicyclic amines) is 1. The molecule has 0 bridgehead atoms. The van der Waals surface area contributed by atoms with E-state index in [0.717, 1.165) is 24.8 Å². The molecule has 1 aromatic rings. The normalized spacial score (nSPS) is 22.3. The van der Waals surface area contributed by atoms with E-state index >= 15 is 0 Å². The van der Waals surface area contributed by atoms with Crippen molar-refractivity contribution in [1.82, 2.24) is 20.0 Å². The van der Waals surface area contributed by atoms with Gasteiger partial charge in [0.15, 0.2) is 0 Å². The van der Waals surface area contributed by atoms with Crippen LogP contribution in [0.5, 0.6) is 0 Å². The zero-order chi connectivity index (χ0) is 17.5. The van der Waals surface area contributed by atoms with Crippen molar-refractivity contribution in [2.75, 3.05) is 19.6 Å². The summed E-state index contributed by atoms with van der Waals surface area (Å²) in [6.45, 7) is 13.8. The van der Waals surface area contributed by atoms with E-state index in [2.05, 4.69) is 49.9 Å². The van der Waals surface area contributed by atoms with E-state index in [9.17, 15) is 4.79 Å². The topological polar surface area (TPSA) is 50.2 Å². The summed E-state index contributed by atoms with van der Waals surface area (Å²) in [5, 5.41) is 7.71. The standard InChI is InChI=1S/C19H32N4O/c1-13(2)17-10-16(21-23(17)19(3,4)5)18(24)20-11-14-8-9-22(12-14)15-6-7-15/h10,13-15H,6-9,11-12H2,1-5H3,(H,20,24). The maximum absolute atomic E-state index is 12.5. The van der Waals surface area contributed by atoms with Gasteiger partial charge >= 0.3 is 0 Å². The molecule has 1 aromatic heterocycles. The number of nitrogens with one attached hydrogen (secondary N) is 1. The van der Waals surface area contributed by atoms with Crippen LogP contribution in [0.1, 0.15) is 76.0 Å². The Bertz CT molecular complexity index is 595. The smallest absolute Gasteiger partial charge is 0.271 e. The average Bonchev–Trinajstić information content (AvgIpc) is 3.06. The summed E-state index contributed by atoms with van der Waals surface area (Å²) in [5.74, 6) is 0.897. The van der Waals surface area contributed by atoms with Gasteiger partial charge in [0, 0.05) is 24.8 Å². The summed E-state index contributed by atoms with van der Waals surface area (Å²) < 4.78 is 2.00. The Hall–Kier alpha value is -1.36. The highest BCUT2D eigenvalue weighted by Crippen LogP contribution is 2.31. The molecule has 1 saturated carbocycles. The lowest BCUT2D eigenvalue weighted by Crippen LogP contribution is -2.32. The largest absolute Gasteiger partial charge is 0.350 e. The van der Waals surface area contributed by atoms with E-state index in [1.807, 2.05) is 10.7 Å². The summed E-state index contributed by atoms with van der Waals surface area (Å²) in [7, 11) is 0. The van der Waals surface area contributed by atoms with Crippen molar-refractivity contribution >= 4 is 5.91 Å². The van der Waals surface area contributed by atoms with Gasteiger partial charge < -0.3 is 10.2 Å². The second-order valence-electron chi connectivity index (χ2n) is 8.78. The molecular weight excluding hydrogens is 300 g/mol. The zero-order valence-corrected chi connectivity index (χ0v) is 15.8. The first-order valence-corrected chi connectivity index (χ1v) is 9.38. The second-order valence-corrected chi connectivity index (χ2v) is 8.78. The van der Waals surface area contributed by atoms with Gasteiger partial charge in [-0.15, -0.1) is 0 Å². The van der Waals surface area contributed by atoms with Gasteiger partial charge in [-0.05, 0) is 64.5 Å². The van der Waals surface area contributed by atoms with Gasteiger partial charge in [0.05, 0.1) is 5.54 Å². The lowest BCUT2D eigenvalue weighted by molar-refractivity contribution is 0.0940. The van der Waals surface area contributed by atoms with Crippen molar-refractivity contribution < 1.29 is 4.79 Å². The Balaban J connectivity index is 1.60. The molecule has 1 amide bonds. The Morgan fingerprint density at radius 2 is 2.04 bits per heavy atom. The van der Waals surface area contributed by atoms with Crippen LogP contribution in [0.3, 0.4) is 0 Å². The van der Waals surface area contributed by atoms with E-state index in [1.165, 1.54) is 25.8 Å². The van der Waals surface area contributed by atoms with Crippen molar-refractivity contribution in [3.63, 3.8) is 0 Å². The van der Waals surface area contributed by atoms with Gasteiger partial charge in [0.1, 0.15) is 5.69 Å². The van der Waals surface area contributed by atoms with Crippen LogP contribution >= 0.6 is 0 Å². The van der Waals surface area contributed by atoms with Crippen LogP contribution in [0.4, 0.5) is 0 Å². The quantitative estimate of drug-likeness (QED) is 0.902. The van der Waals surface area contributed by atoms with Crippen LogP contribution in [-0.2, 0) is 5.54 Å². The number of amides is 1. The molecule has 24 heavy (non-hydrogen) atoms. The number of nitrogens with zero attached hydrogens (tertiary/aromatic N) is 3. The second kappa shape index (κ2) is 6.51. The van der Waals surface area contributed by atoms with Crippen LogP contribution in [0.25, 0.3) is 0 Å². The van der Waals surface area contributed by atoms with Gasteiger partial charge in [0.25, 0.3) is 5.91 Å². The SMILES string of the molecule is CC(C)c1cc(C(=O)NCC2CCN(C3CC3)C2)nn1C(C)(C)C.